The standard InChI is InChI=1S/C16H15BrO2/c1-16(2,11-6-4-3-5-7-11)14-10-12(17)8-9-13(14)15(18)19/h3-10H,1-2H3,(H,18,19). The van der Waals surface area contributed by atoms with Crippen molar-refractivity contribution in [3.05, 3.63) is 69.7 Å². The minimum Gasteiger partial charge on any atom is -0.478 e. The third-order valence-electron chi connectivity index (χ3n) is 3.38. The molecule has 2 rings (SSSR count). The number of carbonyl (C=O) groups is 1. The van der Waals surface area contributed by atoms with Crippen molar-refractivity contribution >= 4 is 21.9 Å². The Hall–Kier alpha value is -1.61. The normalized spacial score (nSPS) is 11.3. The van der Waals surface area contributed by atoms with E-state index in [0.29, 0.717) is 5.56 Å². The first-order chi connectivity index (χ1) is 8.93. The van der Waals surface area contributed by atoms with Crippen molar-refractivity contribution in [2.75, 3.05) is 0 Å². The Labute approximate surface area is 121 Å². The molecular weight excluding hydrogens is 304 g/mol. The molecule has 0 amide bonds. The fourth-order valence-electron chi connectivity index (χ4n) is 2.23. The molecule has 19 heavy (non-hydrogen) atoms. The number of halogens is 1. The highest BCUT2D eigenvalue weighted by atomic mass is 79.9. The van der Waals surface area contributed by atoms with Gasteiger partial charge in [-0.05, 0) is 29.3 Å². The second-order valence-corrected chi connectivity index (χ2v) is 5.90. The molecule has 0 atom stereocenters. The van der Waals surface area contributed by atoms with Crippen molar-refractivity contribution in [3.8, 4) is 0 Å². The van der Waals surface area contributed by atoms with Crippen LogP contribution in [0.4, 0.5) is 0 Å². The zero-order valence-electron chi connectivity index (χ0n) is 10.9. The second kappa shape index (κ2) is 5.17. The summed E-state index contributed by atoms with van der Waals surface area (Å²) >= 11 is 3.42. The fourth-order valence-corrected chi connectivity index (χ4v) is 2.59. The molecule has 0 saturated carbocycles. The molecule has 0 aromatic heterocycles. The first kappa shape index (κ1) is 13.8. The van der Waals surface area contributed by atoms with Crippen molar-refractivity contribution in [1.82, 2.24) is 0 Å². The van der Waals surface area contributed by atoms with Crippen LogP contribution >= 0.6 is 15.9 Å². The molecule has 0 saturated heterocycles. The monoisotopic (exact) mass is 318 g/mol. The van der Waals surface area contributed by atoms with Gasteiger partial charge in [-0.3, -0.25) is 0 Å². The average Bonchev–Trinajstić information content (AvgIpc) is 2.39. The third kappa shape index (κ3) is 2.71. The van der Waals surface area contributed by atoms with Crippen molar-refractivity contribution < 1.29 is 9.90 Å². The SMILES string of the molecule is CC(C)(c1ccccc1)c1cc(Br)ccc1C(=O)O. The number of rotatable bonds is 3. The molecule has 0 aliphatic rings. The maximum atomic E-state index is 11.4. The summed E-state index contributed by atoms with van der Waals surface area (Å²) in [6, 6.07) is 15.2. The lowest BCUT2D eigenvalue weighted by Gasteiger charge is -2.27. The van der Waals surface area contributed by atoms with E-state index in [9.17, 15) is 9.90 Å². The lowest BCUT2D eigenvalue weighted by atomic mass is 9.76. The van der Waals surface area contributed by atoms with Crippen LogP contribution in [0.2, 0.25) is 0 Å². The van der Waals surface area contributed by atoms with E-state index in [1.54, 1.807) is 12.1 Å². The predicted molar refractivity (Wildman–Crippen MR) is 79.7 cm³/mol. The summed E-state index contributed by atoms with van der Waals surface area (Å²) in [6.45, 7) is 4.08. The Balaban J connectivity index is 2.63. The molecule has 2 aromatic carbocycles. The zero-order valence-corrected chi connectivity index (χ0v) is 12.4. The quantitative estimate of drug-likeness (QED) is 0.906. The maximum absolute atomic E-state index is 11.4. The van der Waals surface area contributed by atoms with Crippen LogP contribution in [0.1, 0.15) is 35.3 Å². The van der Waals surface area contributed by atoms with Crippen LogP contribution in [0.25, 0.3) is 0 Å². The van der Waals surface area contributed by atoms with Gasteiger partial charge in [-0.1, -0.05) is 60.1 Å². The summed E-state index contributed by atoms with van der Waals surface area (Å²) in [5, 5.41) is 9.35. The molecule has 0 fully saturated rings. The van der Waals surface area contributed by atoms with Crippen molar-refractivity contribution in [2.24, 2.45) is 0 Å². The first-order valence-electron chi connectivity index (χ1n) is 6.02. The van der Waals surface area contributed by atoms with Crippen molar-refractivity contribution in [3.63, 3.8) is 0 Å². The molecule has 0 spiro atoms. The van der Waals surface area contributed by atoms with Gasteiger partial charge < -0.3 is 5.11 Å². The van der Waals surface area contributed by atoms with Gasteiger partial charge in [0.25, 0.3) is 0 Å². The minimum atomic E-state index is -0.897. The molecule has 98 valence electrons. The van der Waals surface area contributed by atoms with Crippen LogP contribution in [0.3, 0.4) is 0 Å². The van der Waals surface area contributed by atoms with Gasteiger partial charge in [0.05, 0.1) is 5.56 Å². The van der Waals surface area contributed by atoms with Gasteiger partial charge >= 0.3 is 5.97 Å². The van der Waals surface area contributed by atoms with E-state index in [4.69, 9.17) is 0 Å². The molecule has 3 heteroatoms. The molecule has 0 bridgehead atoms. The summed E-state index contributed by atoms with van der Waals surface area (Å²) in [5.74, 6) is -0.897. The first-order valence-corrected chi connectivity index (χ1v) is 6.81. The molecular formula is C16H15BrO2. The van der Waals surface area contributed by atoms with E-state index in [1.807, 2.05) is 50.2 Å². The maximum Gasteiger partial charge on any atom is 0.335 e. The highest BCUT2D eigenvalue weighted by Gasteiger charge is 2.28. The van der Waals surface area contributed by atoms with Crippen LogP contribution in [0, 0.1) is 0 Å². The molecule has 0 aliphatic carbocycles. The van der Waals surface area contributed by atoms with Gasteiger partial charge in [-0.2, -0.15) is 0 Å². The van der Waals surface area contributed by atoms with Crippen LogP contribution in [0.5, 0.6) is 0 Å². The summed E-state index contributed by atoms with van der Waals surface area (Å²) in [5.41, 5.74) is 1.88. The Kier molecular flexibility index (Phi) is 3.76. The van der Waals surface area contributed by atoms with Gasteiger partial charge in [0, 0.05) is 9.89 Å². The summed E-state index contributed by atoms with van der Waals surface area (Å²) in [6.07, 6.45) is 0. The van der Waals surface area contributed by atoms with E-state index in [-0.39, 0.29) is 5.41 Å². The Morgan fingerprint density at radius 3 is 2.32 bits per heavy atom. The number of carboxylic acids is 1. The van der Waals surface area contributed by atoms with Crippen LogP contribution in [-0.4, -0.2) is 11.1 Å². The number of hydrogen-bond donors (Lipinski definition) is 1. The summed E-state index contributed by atoms with van der Waals surface area (Å²) < 4.78 is 0.886. The molecule has 1 N–H and O–H groups in total. The molecule has 2 aromatic rings. The summed E-state index contributed by atoms with van der Waals surface area (Å²) in [7, 11) is 0. The largest absolute Gasteiger partial charge is 0.478 e. The smallest absolute Gasteiger partial charge is 0.335 e. The van der Waals surface area contributed by atoms with E-state index in [1.165, 1.54) is 0 Å². The van der Waals surface area contributed by atoms with Gasteiger partial charge in [-0.25, -0.2) is 4.79 Å². The van der Waals surface area contributed by atoms with E-state index < -0.39 is 5.97 Å². The van der Waals surface area contributed by atoms with Crippen LogP contribution < -0.4 is 0 Å². The average molecular weight is 319 g/mol. The molecule has 0 heterocycles. The molecule has 2 nitrogen and oxygen atoms in total. The van der Waals surface area contributed by atoms with E-state index >= 15 is 0 Å². The second-order valence-electron chi connectivity index (χ2n) is 4.99. The van der Waals surface area contributed by atoms with Gasteiger partial charge in [0.2, 0.25) is 0 Å². The molecule has 0 aliphatic heterocycles. The minimum absolute atomic E-state index is 0.344. The van der Waals surface area contributed by atoms with Crippen LogP contribution in [-0.2, 0) is 5.41 Å². The topological polar surface area (TPSA) is 37.3 Å². The Morgan fingerprint density at radius 1 is 1.11 bits per heavy atom. The number of hydrogen-bond acceptors (Lipinski definition) is 1. The fraction of sp³-hybridized carbons (Fsp3) is 0.188. The van der Waals surface area contributed by atoms with E-state index in [0.717, 1.165) is 15.6 Å². The van der Waals surface area contributed by atoms with Gasteiger partial charge in [-0.15, -0.1) is 0 Å². The van der Waals surface area contributed by atoms with Crippen molar-refractivity contribution in [2.45, 2.75) is 19.3 Å². The molecule has 0 unspecified atom stereocenters. The van der Waals surface area contributed by atoms with Crippen LogP contribution in [0.15, 0.2) is 53.0 Å². The number of aromatic carboxylic acids is 1. The zero-order chi connectivity index (χ0) is 14.0. The van der Waals surface area contributed by atoms with E-state index in [2.05, 4.69) is 15.9 Å². The number of carboxylic acid groups (broad SMARTS) is 1. The molecule has 0 radical (unpaired) electrons. The van der Waals surface area contributed by atoms with Crippen molar-refractivity contribution in [1.29, 1.82) is 0 Å². The predicted octanol–water partition coefficient (Wildman–Crippen LogP) is 4.47. The highest BCUT2D eigenvalue weighted by Crippen LogP contribution is 2.35. The van der Waals surface area contributed by atoms with Gasteiger partial charge in [0.15, 0.2) is 0 Å². The lowest BCUT2D eigenvalue weighted by molar-refractivity contribution is 0.0694. The highest BCUT2D eigenvalue weighted by molar-refractivity contribution is 9.10. The third-order valence-corrected chi connectivity index (χ3v) is 3.87. The number of benzene rings is 2. The Morgan fingerprint density at radius 2 is 1.74 bits per heavy atom. The van der Waals surface area contributed by atoms with Gasteiger partial charge in [0.1, 0.15) is 0 Å². The lowest BCUT2D eigenvalue weighted by Crippen LogP contribution is -2.22. The summed E-state index contributed by atoms with van der Waals surface area (Å²) in [4.78, 5) is 11.4. The Bertz CT molecular complexity index is 603.